The molecule has 0 saturated carbocycles. The van der Waals surface area contributed by atoms with E-state index in [4.69, 9.17) is 10.2 Å². The van der Waals surface area contributed by atoms with Crippen molar-refractivity contribution < 1.29 is 4.42 Å². The van der Waals surface area contributed by atoms with Crippen LogP contribution in [0.15, 0.2) is 34.0 Å². The van der Waals surface area contributed by atoms with Crippen molar-refractivity contribution in [3.63, 3.8) is 0 Å². The zero-order chi connectivity index (χ0) is 11.1. The normalized spacial score (nSPS) is 11.0. The van der Waals surface area contributed by atoms with Gasteiger partial charge in [-0.25, -0.2) is 14.5 Å². The summed E-state index contributed by atoms with van der Waals surface area (Å²) in [7, 11) is 0. The summed E-state index contributed by atoms with van der Waals surface area (Å²) >= 11 is 0. The lowest BCUT2D eigenvalue weighted by molar-refractivity contribution is 0.555. The van der Waals surface area contributed by atoms with Crippen molar-refractivity contribution in [3.8, 4) is 5.69 Å². The molecule has 16 heavy (non-hydrogen) atoms. The van der Waals surface area contributed by atoms with Crippen LogP contribution in [0.3, 0.4) is 0 Å². The van der Waals surface area contributed by atoms with E-state index in [2.05, 4.69) is 15.1 Å². The van der Waals surface area contributed by atoms with Crippen LogP contribution in [0.1, 0.15) is 0 Å². The number of fused-ring (bicyclic) bond motifs is 1. The molecule has 80 valence electrons. The Bertz CT molecular complexity index is 694. The molecule has 3 aromatic rings. The number of aromatic nitrogens is 4. The molecule has 0 spiro atoms. The van der Waals surface area contributed by atoms with Gasteiger partial charge in [0.25, 0.3) is 0 Å². The summed E-state index contributed by atoms with van der Waals surface area (Å²) in [6.07, 6.45) is 2.93. The standard InChI is InChI=1S/C9H7N5O2/c10-5-1-8-6(13-9(15)16-8)2-7(5)14-4-11-3-12-14/h1-4H,10H2,(H,13,15). The van der Waals surface area contributed by atoms with E-state index < -0.39 is 5.76 Å². The molecular formula is C9H7N5O2. The summed E-state index contributed by atoms with van der Waals surface area (Å²) in [5.41, 5.74) is 7.92. The minimum Gasteiger partial charge on any atom is -0.408 e. The summed E-state index contributed by atoms with van der Waals surface area (Å²) < 4.78 is 6.40. The van der Waals surface area contributed by atoms with Crippen molar-refractivity contribution in [2.45, 2.75) is 0 Å². The number of aromatic amines is 1. The Morgan fingerprint density at radius 1 is 1.44 bits per heavy atom. The number of nitrogens with one attached hydrogen (secondary N) is 1. The van der Waals surface area contributed by atoms with E-state index in [1.54, 1.807) is 12.1 Å². The van der Waals surface area contributed by atoms with E-state index in [-0.39, 0.29) is 0 Å². The van der Waals surface area contributed by atoms with Crippen LogP contribution in [0.5, 0.6) is 0 Å². The van der Waals surface area contributed by atoms with Crippen molar-refractivity contribution >= 4 is 16.8 Å². The average molecular weight is 217 g/mol. The molecule has 0 atom stereocenters. The summed E-state index contributed by atoms with van der Waals surface area (Å²) in [6.45, 7) is 0. The van der Waals surface area contributed by atoms with Crippen molar-refractivity contribution in [1.82, 2.24) is 19.7 Å². The smallest absolute Gasteiger partial charge is 0.408 e. The number of anilines is 1. The minimum absolute atomic E-state index is 0.423. The maximum atomic E-state index is 11.0. The van der Waals surface area contributed by atoms with Gasteiger partial charge in [-0.05, 0) is 6.07 Å². The van der Waals surface area contributed by atoms with E-state index in [1.807, 2.05) is 0 Å². The Labute approximate surface area is 88.5 Å². The van der Waals surface area contributed by atoms with Crippen LogP contribution in [0.4, 0.5) is 5.69 Å². The SMILES string of the molecule is Nc1cc2oc(=O)[nH]c2cc1-n1cncn1. The Hall–Kier alpha value is -2.57. The Balaban J connectivity index is 2.33. The molecule has 0 saturated heterocycles. The molecule has 0 aliphatic carbocycles. The number of hydrogen-bond acceptors (Lipinski definition) is 5. The lowest BCUT2D eigenvalue weighted by atomic mass is 10.2. The zero-order valence-corrected chi connectivity index (χ0v) is 8.04. The van der Waals surface area contributed by atoms with Crippen LogP contribution < -0.4 is 11.5 Å². The highest BCUT2D eigenvalue weighted by Crippen LogP contribution is 2.22. The summed E-state index contributed by atoms with van der Waals surface area (Å²) in [6, 6.07) is 3.26. The zero-order valence-electron chi connectivity index (χ0n) is 8.04. The van der Waals surface area contributed by atoms with Gasteiger partial charge in [0, 0.05) is 6.07 Å². The first kappa shape index (κ1) is 8.72. The van der Waals surface area contributed by atoms with Gasteiger partial charge in [0.05, 0.1) is 16.9 Å². The largest absolute Gasteiger partial charge is 0.417 e. The predicted molar refractivity (Wildman–Crippen MR) is 56.2 cm³/mol. The first-order valence-electron chi connectivity index (χ1n) is 4.51. The van der Waals surface area contributed by atoms with Gasteiger partial charge in [0.15, 0.2) is 5.58 Å². The Kier molecular flexibility index (Phi) is 1.61. The van der Waals surface area contributed by atoms with Gasteiger partial charge in [0.2, 0.25) is 0 Å². The van der Waals surface area contributed by atoms with Crippen molar-refractivity contribution in [2.75, 3.05) is 5.73 Å². The van der Waals surface area contributed by atoms with Crippen molar-refractivity contribution in [2.24, 2.45) is 0 Å². The minimum atomic E-state index is -0.509. The second-order valence-electron chi connectivity index (χ2n) is 3.26. The molecule has 2 heterocycles. The monoisotopic (exact) mass is 217 g/mol. The third-order valence-corrected chi connectivity index (χ3v) is 2.23. The number of benzene rings is 1. The van der Waals surface area contributed by atoms with Crippen molar-refractivity contribution in [3.05, 3.63) is 35.3 Å². The number of nitrogen functional groups attached to an aromatic ring is 1. The van der Waals surface area contributed by atoms with Gasteiger partial charge in [-0.1, -0.05) is 0 Å². The molecule has 0 unspecified atom stereocenters. The van der Waals surface area contributed by atoms with E-state index in [9.17, 15) is 4.79 Å². The second kappa shape index (κ2) is 2.96. The van der Waals surface area contributed by atoms with E-state index >= 15 is 0 Å². The molecule has 0 radical (unpaired) electrons. The van der Waals surface area contributed by atoms with Crippen LogP contribution in [0, 0.1) is 0 Å². The van der Waals surface area contributed by atoms with Gasteiger partial charge >= 0.3 is 5.76 Å². The number of H-pyrrole nitrogens is 1. The Morgan fingerprint density at radius 2 is 2.31 bits per heavy atom. The Morgan fingerprint density at radius 3 is 3.06 bits per heavy atom. The maximum Gasteiger partial charge on any atom is 0.417 e. The summed E-state index contributed by atoms with van der Waals surface area (Å²) in [4.78, 5) is 17.4. The van der Waals surface area contributed by atoms with Crippen LogP contribution in [0.2, 0.25) is 0 Å². The molecule has 1 aromatic carbocycles. The van der Waals surface area contributed by atoms with Crippen LogP contribution in [0.25, 0.3) is 16.8 Å². The van der Waals surface area contributed by atoms with Gasteiger partial charge in [0.1, 0.15) is 12.7 Å². The fourth-order valence-corrected chi connectivity index (χ4v) is 1.53. The second-order valence-corrected chi connectivity index (χ2v) is 3.26. The van der Waals surface area contributed by atoms with Crippen LogP contribution in [-0.2, 0) is 0 Å². The number of nitrogens with two attached hydrogens (primary N) is 1. The molecule has 2 aromatic heterocycles. The highest BCUT2D eigenvalue weighted by molar-refractivity contribution is 5.81. The molecule has 3 N–H and O–H groups in total. The number of rotatable bonds is 1. The number of nitrogens with zero attached hydrogens (tertiary/aromatic N) is 3. The lowest BCUT2D eigenvalue weighted by Gasteiger charge is -2.03. The van der Waals surface area contributed by atoms with E-state index in [1.165, 1.54) is 17.3 Å². The summed E-state index contributed by atoms with van der Waals surface area (Å²) in [5, 5.41) is 3.96. The molecule has 0 amide bonds. The van der Waals surface area contributed by atoms with E-state index in [0.717, 1.165) is 0 Å². The van der Waals surface area contributed by atoms with Gasteiger partial charge in [-0.15, -0.1) is 0 Å². The molecule has 0 aliphatic heterocycles. The first-order valence-corrected chi connectivity index (χ1v) is 4.51. The third kappa shape index (κ3) is 1.18. The fraction of sp³-hybridized carbons (Fsp3) is 0. The maximum absolute atomic E-state index is 11.0. The molecular weight excluding hydrogens is 210 g/mol. The molecule has 0 fully saturated rings. The number of hydrogen-bond donors (Lipinski definition) is 2. The average Bonchev–Trinajstić information content (AvgIpc) is 2.83. The lowest BCUT2D eigenvalue weighted by Crippen LogP contribution is -2.00. The van der Waals surface area contributed by atoms with Crippen LogP contribution in [-0.4, -0.2) is 19.7 Å². The van der Waals surface area contributed by atoms with Crippen molar-refractivity contribution in [1.29, 1.82) is 0 Å². The molecule has 7 nitrogen and oxygen atoms in total. The van der Waals surface area contributed by atoms with Crippen LogP contribution >= 0.6 is 0 Å². The van der Waals surface area contributed by atoms with Gasteiger partial charge < -0.3 is 10.2 Å². The molecule has 0 aliphatic rings. The highest BCUT2D eigenvalue weighted by Gasteiger charge is 2.08. The molecule has 7 heteroatoms. The van der Waals surface area contributed by atoms with E-state index in [0.29, 0.717) is 22.5 Å². The third-order valence-electron chi connectivity index (χ3n) is 2.23. The van der Waals surface area contributed by atoms with Gasteiger partial charge in [-0.3, -0.25) is 4.98 Å². The highest BCUT2D eigenvalue weighted by atomic mass is 16.4. The quantitative estimate of drug-likeness (QED) is 0.570. The fourth-order valence-electron chi connectivity index (χ4n) is 1.53. The first-order chi connectivity index (χ1) is 7.74. The number of oxazole rings is 1. The molecule has 3 rings (SSSR count). The van der Waals surface area contributed by atoms with Gasteiger partial charge in [-0.2, -0.15) is 5.10 Å². The predicted octanol–water partition coefficient (Wildman–Crippen LogP) is 0.284. The summed E-state index contributed by atoms with van der Waals surface area (Å²) in [5.74, 6) is -0.509. The molecule has 0 bridgehead atoms. The topological polar surface area (TPSA) is 103 Å².